The summed E-state index contributed by atoms with van der Waals surface area (Å²) in [5.74, 6) is 2.15. The van der Waals surface area contributed by atoms with Crippen LogP contribution in [0.4, 0.5) is 11.8 Å². The zero-order chi connectivity index (χ0) is 12.3. The summed E-state index contributed by atoms with van der Waals surface area (Å²) in [7, 11) is 0. The number of rotatable bonds is 3. The molecule has 0 amide bonds. The van der Waals surface area contributed by atoms with Gasteiger partial charge in [-0.25, -0.2) is 4.98 Å². The predicted octanol–water partition coefficient (Wildman–Crippen LogP) is 2.75. The van der Waals surface area contributed by atoms with Gasteiger partial charge in [0.15, 0.2) is 0 Å². The van der Waals surface area contributed by atoms with Crippen LogP contribution in [0.3, 0.4) is 0 Å². The van der Waals surface area contributed by atoms with Crippen molar-refractivity contribution in [3.8, 4) is 0 Å². The van der Waals surface area contributed by atoms with Crippen LogP contribution in [0, 0.1) is 12.8 Å². The molecule has 0 bridgehead atoms. The molecule has 1 fully saturated rings. The van der Waals surface area contributed by atoms with E-state index in [1.807, 2.05) is 13.0 Å². The molecule has 1 aromatic rings. The lowest BCUT2D eigenvalue weighted by Gasteiger charge is -2.28. The third-order valence-electron chi connectivity index (χ3n) is 3.65. The number of nitrogens with zero attached hydrogens (tertiary/aromatic N) is 2. The van der Waals surface area contributed by atoms with E-state index in [0.29, 0.717) is 12.0 Å². The Morgan fingerprint density at radius 2 is 2.00 bits per heavy atom. The molecule has 0 radical (unpaired) electrons. The average Bonchev–Trinajstić information content (AvgIpc) is 2.28. The molecule has 0 aromatic carbocycles. The van der Waals surface area contributed by atoms with Crippen molar-refractivity contribution >= 4 is 11.8 Å². The molecule has 1 aliphatic carbocycles. The second kappa shape index (κ2) is 5.34. The lowest BCUT2D eigenvalue weighted by atomic mass is 9.84. The summed E-state index contributed by atoms with van der Waals surface area (Å²) >= 11 is 0. The zero-order valence-corrected chi connectivity index (χ0v) is 10.7. The van der Waals surface area contributed by atoms with Crippen LogP contribution in [0.15, 0.2) is 6.07 Å². The van der Waals surface area contributed by atoms with E-state index in [9.17, 15) is 0 Å². The highest BCUT2D eigenvalue weighted by molar-refractivity contribution is 5.41. The van der Waals surface area contributed by atoms with Crippen molar-refractivity contribution in [2.75, 3.05) is 11.1 Å². The van der Waals surface area contributed by atoms with Gasteiger partial charge in [0.2, 0.25) is 5.95 Å². The summed E-state index contributed by atoms with van der Waals surface area (Å²) in [4.78, 5) is 8.30. The summed E-state index contributed by atoms with van der Waals surface area (Å²) in [6, 6.07) is 2.51. The lowest BCUT2D eigenvalue weighted by Crippen LogP contribution is -2.26. The van der Waals surface area contributed by atoms with Crippen molar-refractivity contribution in [1.29, 1.82) is 0 Å². The lowest BCUT2D eigenvalue weighted by molar-refractivity contribution is 0.330. The van der Waals surface area contributed by atoms with E-state index in [-0.39, 0.29) is 0 Å². The van der Waals surface area contributed by atoms with Crippen LogP contribution in [-0.2, 0) is 0 Å². The van der Waals surface area contributed by atoms with Gasteiger partial charge in [0.25, 0.3) is 0 Å². The van der Waals surface area contributed by atoms with Gasteiger partial charge in [-0.1, -0.05) is 13.3 Å². The summed E-state index contributed by atoms with van der Waals surface area (Å²) in [5, 5.41) is 3.48. The summed E-state index contributed by atoms with van der Waals surface area (Å²) in [5.41, 5.74) is 6.56. The number of aryl methyl sites for hydroxylation is 1. The molecule has 94 valence electrons. The number of hydrogen-bond acceptors (Lipinski definition) is 4. The van der Waals surface area contributed by atoms with Crippen LogP contribution in [0.5, 0.6) is 0 Å². The van der Waals surface area contributed by atoms with Crippen LogP contribution in [-0.4, -0.2) is 16.0 Å². The normalized spacial score (nSPS) is 24.6. The van der Waals surface area contributed by atoms with E-state index >= 15 is 0 Å². The van der Waals surface area contributed by atoms with Crippen molar-refractivity contribution in [3.63, 3.8) is 0 Å². The molecular weight excluding hydrogens is 212 g/mol. The third kappa shape index (κ3) is 3.32. The monoisotopic (exact) mass is 234 g/mol. The number of anilines is 2. The Morgan fingerprint density at radius 3 is 2.59 bits per heavy atom. The third-order valence-corrected chi connectivity index (χ3v) is 3.65. The minimum Gasteiger partial charge on any atom is -0.368 e. The molecule has 0 unspecified atom stereocenters. The Balaban J connectivity index is 1.93. The van der Waals surface area contributed by atoms with E-state index in [2.05, 4.69) is 22.2 Å². The topological polar surface area (TPSA) is 63.8 Å². The molecule has 1 aromatic heterocycles. The second-order valence-electron chi connectivity index (χ2n) is 5.02. The minimum atomic E-state index is 0.356. The van der Waals surface area contributed by atoms with Gasteiger partial charge >= 0.3 is 0 Å². The van der Waals surface area contributed by atoms with Gasteiger partial charge in [-0.2, -0.15) is 4.98 Å². The Labute approximate surface area is 103 Å². The van der Waals surface area contributed by atoms with Crippen LogP contribution < -0.4 is 11.1 Å². The first-order chi connectivity index (χ1) is 8.17. The highest BCUT2D eigenvalue weighted by Gasteiger charge is 2.20. The van der Waals surface area contributed by atoms with Crippen molar-refractivity contribution in [3.05, 3.63) is 11.8 Å². The maximum atomic E-state index is 5.65. The second-order valence-corrected chi connectivity index (χ2v) is 5.02. The Bertz CT molecular complexity index is 349. The van der Waals surface area contributed by atoms with Gasteiger partial charge in [0.1, 0.15) is 5.82 Å². The first kappa shape index (κ1) is 12.1. The fourth-order valence-electron chi connectivity index (χ4n) is 2.59. The van der Waals surface area contributed by atoms with E-state index in [0.717, 1.165) is 17.4 Å². The molecule has 3 N–H and O–H groups in total. The Kier molecular flexibility index (Phi) is 3.82. The van der Waals surface area contributed by atoms with Crippen molar-refractivity contribution < 1.29 is 0 Å². The van der Waals surface area contributed by atoms with E-state index in [4.69, 9.17) is 5.73 Å². The number of aromatic nitrogens is 2. The molecule has 1 aliphatic rings. The zero-order valence-electron chi connectivity index (χ0n) is 10.7. The maximum absolute atomic E-state index is 5.65. The number of nitrogens with one attached hydrogen (secondary N) is 1. The number of nitrogen functional groups attached to an aromatic ring is 1. The molecule has 4 heteroatoms. The van der Waals surface area contributed by atoms with Gasteiger partial charge in [-0.05, 0) is 38.5 Å². The Morgan fingerprint density at radius 1 is 1.29 bits per heavy atom. The van der Waals surface area contributed by atoms with Gasteiger partial charge in [0.05, 0.1) is 0 Å². The number of nitrogens with two attached hydrogens (primary N) is 1. The predicted molar refractivity (Wildman–Crippen MR) is 70.8 cm³/mol. The van der Waals surface area contributed by atoms with Crippen molar-refractivity contribution in [2.24, 2.45) is 5.92 Å². The smallest absolute Gasteiger partial charge is 0.222 e. The molecule has 2 rings (SSSR count). The van der Waals surface area contributed by atoms with Crippen LogP contribution in [0.25, 0.3) is 0 Å². The molecule has 0 aliphatic heterocycles. The Hall–Kier alpha value is -1.32. The van der Waals surface area contributed by atoms with Crippen molar-refractivity contribution in [1.82, 2.24) is 9.97 Å². The minimum absolute atomic E-state index is 0.356. The summed E-state index contributed by atoms with van der Waals surface area (Å²) < 4.78 is 0. The standard InChI is InChI=1S/C13H22N4/c1-3-10-4-6-11(7-5-10)16-12-8-9(2)15-13(14)17-12/h8,10-11H,3-7H2,1-2H3,(H3,14,15,16,17). The fraction of sp³-hybridized carbons (Fsp3) is 0.692. The number of hydrogen-bond donors (Lipinski definition) is 2. The van der Waals surface area contributed by atoms with Gasteiger partial charge in [-0.3, -0.25) is 0 Å². The van der Waals surface area contributed by atoms with Crippen LogP contribution in [0.2, 0.25) is 0 Å². The van der Waals surface area contributed by atoms with E-state index < -0.39 is 0 Å². The largest absolute Gasteiger partial charge is 0.368 e. The first-order valence-corrected chi connectivity index (χ1v) is 6.55. The molecule has 0 spiro atoms. The van der Waals surface area contributed by atoms with Crippen molar-refractivity contribution in [2.45, 2.75) is 52.0 Å². The average molecular weight is 234 g/mol. The molecule has 1 heterocycles. The van der Waals surface area contributed by atoms with Crippen LogP contribution >= 0.6 is 0 Å². The summed E-state index contributed by atoms with van der Waals surface area (Å²) in [6.45, 7) is 4.23. The van der Waals surface area contributed by atoms with E-state index in [1.165, 1.54) is 32.1 Å². The van der Waals surface area contributed by atoms with Crippen LogP contribution in [0.1, 0.15) is 44.7 Å². The maximum Gasteiger partial charge on any atom is 0.222 e. The molecule has 0 atom stereocenters. The molecule has 1 saturated carbocycles. The molecular formula is C13H22N4. The fourth-order valence-corrected chi connectivity index (χ4v) is 2.59. The molecule has 4 nitrogen and oxygen atoms in total. The quantitative estimate of drug-likeness (QED) is 0.844. The van der Waals surface area contributed by atoms with Gasteiger partial charge in [-0.15, -0.1) is 0 Å². The SMILES string of the molecule is CCC1CCC(Nc2cc(C)nc(N)n2)CC1. The van der Waals surface area contributed by atoms with E-state index in [1.54, 1.807) is 0 Å². The molecule has 0 saturated heterocycles. The first-order valence-electron chi connectivity index (χ1n) is 6.55. The highest BCUT2D eigenvalue weighted by Crippen LogP contribution is 2.28. The van der Waals surface area contributed by atoms with Gasteiger partial charge in [0, 0.05) is 17.8 Å². The van der Waals surface area contributed by atoms with Gasteiger partial charge < -0.3 is 11.1 Å². The molecule has 17 heavy (non-hydrogen) atoms. The highest BCUT2D eigenvalue weighted by atomic mass is 15.1. The summed E-state index contributed by atoms with van der Waals surface area (Å²) in [6.07, 6.45) is 6.44.